The maximum atomic E-state index is 12.6. The van der Waals surface area contributed by atoms with Crippen LogP contribution in [0.15, 0.2) is 72.3 Å². The zero-order valence-electron chi connectivity index (χ0n) is 24.8. The van der Waals surface area contributed by atoms with Crippen molar-refractivity contribution in [2.24, 2.45) is 17.8 Å². The summed E-state index contributed by atoms with van der Waals surface area (Å²) in [6.45, 7) is 13.3. The molecule has 0 aliphatic heterocycles. The topological polar surface area (TPSA) is 64.6 Å². The molecule has 3 unspecified atom stereocenters. The Morgan fingerprint density at radius 2 is 1.59 bits per heavy atom. The van der Waals surface area contributed by atoms with Crippen LogP contribution in [0.3, 0.4) is 0 Å². The molecule has 0 saturated heterocycles. The van der Waals surface area contributed by atoms with Gasteiger partial charge in [0.1, 0.15) is 0 Å². The predicted molar refractivity (Wildman–Crippen MR) is 162 cm³/mol. The number of rotatable bonds is 12. The second-order valence-electron chi connectivity index (χ2n) is 12.0. The Labute approximate surface area is 236 Å². The Kier molecular flexibility index (Phi) is 10.7. The first-order valence-corrected chi connectivity index (χ1v) is 16.2. The maximum Gasteiger partial charge on any atom is 0.333 e. The Hall–Kier alpha value is -2.70. The SMILES string of the molecule is CCC(CCC1CC(C(=O)OC)=CC1CO[Si](c1ccccc1)(c1ccccc1)C(C)(C)C)[C@H](C)NC(C)=O. The highest BCUT2D eigenvalue weighted by Gasteiger charge is 2.50. The van der Waals surface area contributed by atoms with Gasteiger partial charge in [0.05, 0.1) is 7.11 Å². The standard InChI is InChI=1S/C33H47NO4Si/c1-8-26(24(2)34-25(3)35)19-20-27-21-28(32(36)37-7)22-29(27)23-38-39(33(4,5)6,30-15-11-9-12-16-30)31-17-13-10-14-18-31/h9-18,22,24,26-27,29H,8,19-21,23H2,1-7H3,(H,34,35)/t24-,26?,27?,29?/m0/s1. The van der Waals surface area contributed by atoms with Gasteiger partial charge in [0.15, 0.2) is 0 Å². The lowest BCUT2D eigenvalue weighted by Crippen LogP contribution is -2.67. The summed E-state index contributed by atoms with van der Waals surface area (Å²) < 4.78 is 12.4. The van der Waals surface area contributed by atoms with Gasteiger partial charge >= 0.3 is 5.97 Å². The molecule has 0 bridgehead atoms. The summed E-state index contributed by atoms with van der Waals surface area (Å²) in [5.74, 6) is 0.555. The fourth-order valence-corrected chi connectivity index (χ4v) is 10.9. The monoisotopic (exact) mass is 549 g/mol. The average Bonchev–Trinajstić information content (AvgIpc) is 3.32. The van der Waals surface area contributed by atoms with Crippen LogP contribution in [-0.4, -0.2) is 40.0 Å². The quantitative estimate of drug-likeness (QED) is 0.275. The van der Waals surface area contributed by atoms with Crippen LogP contribution < -0.4 is 15.7 Å². The van der Waals surface area contributed by atoms with Gasteiger partial charge in [-0.15, -0.1) is 0 Å². The number of benzene rings is 2. The summed E-state index contributed by atoms with van der Waals surface area (Å²) in [7, 11) is -1.23. The predicted octanol–water partition coefficient (Wildman–Crippen LogP) is 5.63. The highest BCUT2D eigenvalue weighted by Crippen LogP contribution is 2.40. The van der Waals surface area contributed by atoms with Crippen LogP contribution in [0, 0.1) is 17.8 Å². The first-order chi connectivity index (χ1) is 18.5. The lowest BCUT2D eigenvalue weighted by Gasteiger charge is -2.43. The summed E-state index contributed by atoms with van der Waals surface area (Å²) in [5.41, 5.74) is 0.751. The molecule has 2 aromatic carbocycles. The van der Waals surface area contributed by atoms with Gasteiger partial charge in [0.25, 0.3) is 8.32 Å². The van der Waals surface area contributed by atoms with Crippen LogP contribution in [0.1, 0.15) is 67.2 Å². The Bertz CT molecular complexity index is 1070. The molecule has 0 fully saturated rings. The van der Waals surface area contributed by atoms with Gasteiger partial charge < -0.3 is 14.5 Å². The van der Waals surface area contributed by atoms with Crippen molar-refractivity contribution in [1.29, 1.82) is 0 Å². The van der Waals surface area contributed by atoms with Gasteiger partial charge in [-0.05, 0) is 53.4 Å². The van der Waals surface area contributed by atoms with E-state index in [2.05, 4.69) is 107 Å². The van der Waals surface area contributed by atoms with Crippen LogP contribution in [0.25, 0.3) is 0 Å². The summed E-state index contributed by atoms with van der Waals surface area (Å²) in [6, 6.07) is 21.5. The van der Waals surface area contributed by atoms with Crippen LogP contribution in [0.4, 0.5) is 0 Å². The molecule has 3 rings (SSSR count). The Morgan fingerprint density at radius 1 is 1.03 bits per heavy atom. The number of hydrogen-bond donors (Lipinski definition) is 1. The van der Waals surface area contributed by atoms with Crippen molar-refractivity contribution in [1.82, 2.24) is 5.32 Å². The highest BCUT2D eigenvalue weighted by atomic mass is 28.4. The van der Waals surface area contributed by atoms with Crippen LogP contribution >= 0.6 is 0 Å². The van der Waals surface area contributed by atoms with Gasteiger partial charge in [0.2, 0.25) is 5.91 Å². The molecule has 39 heavy (non-hydrogen) atoms. The lowest BCUT2D eigenvalue weighted by molar-refractivity contribution is -0.136. The third-order valence-corrected chi connectivity index (χ3v) is 13.4. The summed E-state index contributed by atoms with van der Waals surface area (Å²) in [4.78, 5) is 24.2. The molecule has 0 spiro atoms. The summed E-state index contributed by atoms with van der Waals surface area (Å²) in [6.07, 6.45) is 5.75. The fraction of sp³-hybridized carbons (Fsp3) is 0.515. The third-order valence-electron chi connectivity index (χ3n) is 8.43. The highest BCUT2D eigenvalue weighted by molar-refractivity contribution is 6.99. The smallest absolute Gasteiger partial charge is 0.333 e. The number of ether oxygens (including phenoxy) is 1. The average molecular weight is 550 g/mol. The van der Waals surface area contributed by atoms with Crippen molar-refractivity contribution >= 4 is 30.6 Å². The van der Waals surface area contributed by atoms with Crippen molar-refractivity contribution in [2.75, 3.05) is 13.7 Å². The second-order valence-corrected chi connectivity index (χ2v) is 16.3. The van der Waals surface area contributed by atoms with E-state index in [4.69, 9.17) is 9.16 Å². The summed E-state index contributed by atoms with van der Waals surface area (Å²) in [5, 5.41) is 5.47. The lowest BCUT2D eigenvalue weighted by atomic mass is 9.84. The molecule has 1 N–H and O–H groups in total. The van der Waals surface area contributed by atoms with E-state index < -0.39 is 8.32 Å². The molecular formula is C33H47NO4Si. The van der Waals surface area contributed by atoms with E-state index in [0.29, 0.717) is 18.9 Å². The minimum absolute atomic E-state index is 0.00744. The van der Waals surface area contributed by atoms with Crippen LogP contribution in [0.5, 0.6) is 0 Å². The number of amides is 1. The van der Waals surface area contributed by atoms with E-state index in [0.717, 1.165) is 24.8 Å². The van der Waals surface area contributed by atoms with E-state index in [-0.39, 0.29) is 34.8 Å². The first-order valence-electron chi connectivity index (χ1n) is 14.3. The first kappa shape index (κ1) is 30.8. The molecule has 212 valence electrons. The third kappa shape index (κ3) is 7.28. The molecule has 2 aromatic rings. The largest absolute Gasteiger partial charge is 0.466 e. The zero-order valence-corrected chi connectivity index (χ0v) is 25.8. The molecule has 0 saturated carbocycles. The Balaban J connectivity index is 1.91. The molecule has 1 aliphatic rings. The number of carbonyl (C=O) groups is 2. The molecular weight excluding hydrogens is 502 g/mol. The molecule has 4 atom stereocenters. The van der Waals surface area contributed by atoms with Gasteiger partial charge in [-0.3, -0.25) is 4.79 Å². The van der Waals surface area contributed by atoms with E-state index in [9.17, 15) is 9.59 Å². The molecule has 0 radical (unpaired) electrons. The van der Waals surface area contributed by atoms with E-state index in [1.54, 1.807) is 6.92 Å². The van der Waals surface area contributed by atoms with Crippen molar-refractivity contribution in [3.63, 3.8) is 0 Å². The molecule has 5 nitrogen and oxygen atoms in total. The molecule has 1 amide bonds. The number of methoxy groups -OCH3 is 1. The number of hydrogen-bond acceptors (Lipinski definition) is 4. The summed E-state index contributed by atoms with van der Waals surface area (Å²) >= 11 is 0. The minimum atomic E-state index is -2.68. The molecule has 0 heterocycles. The van der Waals surface area contributed by atoms with Crippen molar-refractivity contribution < 1.29 is 18.8 Å². The minimum Gasteiger partial charge on any atom is -0.466 e. The molecule has 1 aliphatic carbocycles. The fourth-order valence-electron chi connectivity index (χ4n) is 6.34. The van der Waals surface area contributed by atoms with Crippen molar-refractivity contribution in [3.8, 4) is 0 Å². The van der Waals surface area contributed by atoms with E-state index >= 15 is 0 Å². The second kappa shape index (κ2) is 13.6. The molecule has 0 aromatic heterocycles. The number of esters is 1. The van der Waals surface area contributed by atoms with Crippen LogP contribution in [0.2, 0.25) is 5.04 Å². The van der Waals surface area contributed by atoms with Gasteiger partial charge in [-0.25, -0.2) is 4.79 Å². The van der Waals surface area contributed by atoms with E-state index in [1.807, 2.05) is 0 Å². The normalized spacial score (nSPS) is 19.2. The molecule has 6 heteroatoms. The number of nitrogens with one attached hydrogen (secondary N) is 1. The van der Waals surface area contributed by atoms with E-state index in [1.165, 1.54) is 17.5 Å². The van der Waals surface area contributed by atoms with Gasteiger partial charge in [0, 0.05) is 31.1 Å². The Morgan fingerprint density at radius 3 is 2.05 bits per heavy atom. The number of carbonyl (C=O) groups excluding carboxylic acids is 2. The van der Waals surface area contributed by atoms with Crippen molar-refractivity contribution in [3.05, 3.63) is 72.3 Å². The van der Waals surface area contributed by atoms with Crippen molar-refractivity contribution in [2.45, 2.75) is 78.3 Å². The van der Waals surface area contributed by atoms with Crippen LogP contribution in [-0.2, 0) is 18.8 Å². The van der Waals surface area contributed by atoms with Gasteiger partial charge in [-0.1, -0.05) is 101 Å². The zero-order chi connectivity index (χ0) is 28.6. The maximum absolute atomic E-state index is 12.6. The van der Waals surface area contributed by atoms with Gasteiger partial charge in [-0.2, -0.15) is 0 Å².